The zero-order chi connectivity index (χ0) is 11.5. The molecule has 2 aromatic rings. The van der Waals surface area contributed by atoms with Gasteiger partial charge in [-0.2, -0.15) is 5.10 Å². The summed E-state index contributed by atoms with van der Waals surface area (Å²) in [6.07, 6.45) is 1.85. The molecule has 0 aliphatic heterocycles. The summed E-state index contributed by atoms with van der Waals surface area (Å²) >= 11 is 3.30. The Morgan fingerprint density at radius 3 is 2.88 bits per heavy atom. The second-order valence-corrected chi connectivity index (χ2v) is 4.29. The molecule has 2 rings (SSSR count). The summed E-state index contributed by atoms with van der Waals surface area (Å²) in [6.45, 7) is 0.500. The van der Waals surface area contributed by atoms with Gasteiger partial charge in [-0.05, 0) is 34.1 Å². The lowest BCUT2D eigenvalue weighted by atomic mass is 10.3. The van der Waals surface area contributed by atoms with E-state index in [1.807, 2.05) is 19.3 Å². The molecular formula is C11H11BrFN3. The molecular weight excluding hydrogens is 273 g/mol. The van der Waals surface area contributed by atoms with Crippen molar-refractivity contribution in [1.29, 1.82) is 0 Å². The Morgan fingerprint density at radius 1 is 1.44 bits per heavy atom. The van der Waals surface area contributed by atoms with E-state index in [1.165, 1.54) is 6.07 Å². The Morgan fingerprint density at radius 2 is 2.25 bits per heavy atom. The number of nitrogens with one attached hydrogen (secondary N) is 1. The number of nitrogens with zero attached hydrogens (tertiary/aromatic N) is 2. The van der Waals surface area contributed by atoms with Crippen molar-refractivity contribution in [3.05, 3.63) is 46.4 Å². The second-order valence-electron chi connectivity index (χ2n) is 3.43. The van der Waals surface area contributed by atoms with Crippen molar-refractivity contribution in [2.45, 2.75) is 6.54 Å². The number of benzene rings is 1. The third-order valence-corrected chi connectivity index (χ3v) is 2.84. The first-order valence-electron chi connectivity index (χ1n) is 4.83. The first-order valence-corrected chi connectivity index (χ1v) is 5.62. The third kappa shape index (κ3) is 2.41. The highest BCUT2D eigenvalue weighted by Crippen LogP contribution is 2.25. The molecule has 3 nitrogen and oxygen atoms in total. The zero-order valence-corrected chi connectivity index (χ0v) is 10.3. The largest absolute Gasteiger partial charge is 0.376 e. The molecule has 1 heterocycles. The molecule has 1 aromatic heterocycles. The van der Waals surface area contributed by atoms with Crippen molar-refractivity contribution in [3.8, 4) is 0 Å². The number of hydrogen-bond acceptors (Lipinski definition) is 2. The van der Waals surface area contributed by atoms with Crippen LogP contribution in [-0.4, -0.2) is 9.78 Å². The lowest BCUT2D eigenvalue weighted by Crippen LogP contribution is -2.03. The Hall–Kier alpha value is -1.36. The van der Waals surface area contributed by atoms with Crippen LogP contribution < -0.4 is 5.32 Å². The summed E-state index contributed by atoms with van der Waals surface area (Å²) in [7, 11) is 1.85. The van der Waals surface area contributed by atoms with Crippen LogP contribution in [0.5, 0.6) is 0 Å². The van der Waals surface area contributed by atoms with Gasteiger partial charge in [0.25, 0.3) is 0 Å². The third-order valence-electron chi connectivity index (χ3n) is 2.18. The minimum atomic E-state index is -0.273. The molecule has 0 aliphatic carbocycles. The highest BCUT2D eigenvalue weighted by atomic mass is 79.9. The van der Waals surface area contributed by atoms with Gasteiger partial charge in [0, 0.05) is 17.7 Å². The second kappa shape index (κ2) is 4.65. The van der Waals surface area contributed by atoms with Crippen LogP contribution in [0.25, 0.3) is 0 Å². The van der Waals surface area contributed by atoms with Gasteiger partial charge in [0.05, 0.1) is 17.9 Å². The van der Waals surface area contributed by atoms with Crippen LogP contribution in [0.15, 0.2) is 34.9 Å². The summed E-state index contributed by atoms with van der Waals surface area (Å²) in [5.41, 5.74) is 1.34. The fourth-order valence-electron chi connectivity index (χ4n) is 1.40. The van der Waals surface area contributed by atoms with Crippen LogP contribution in [0.3, 0.4) is 0 Å². The van der Waals surface area contributed by atoms with Gasteiger partial charge in [-0.3, -0.25) is 4.68 Å². The average Bonchev–Trinajstić information content (AvgIpc) is 2.63. The molecule has 1 N–H and O–H groups in total. The highest BCUT2D eigenvalue weighted by Gasteiger charge is 2.06. The molecule has 0 unspecified atom stereocenters. The van der Waals surface area contributed by atoms with Crippen molar-refractivity contribution in [2.75, 3.05) is 5.32 Å². The van der Waals surface area contributed by atoms with E-state index in [4.69, 9.17) is 0 Å². The first-order chi connectivity index (χ1) is 7.66. The predicted octanol–water partition coefficient (Wildman–Crippen LogP) is 2.93. The minimum absolute atomic E-state index is 0.273. The van der Waals surface area contributed by atoms with Crippen molar-refractivity contribution in [3.63, 3.8) is 0 Å². The molecule has 0 amide bonds. The number of aromatic nitrogens is 2. The van der Waals surface area contributed by atoms with Crippen LogP contribution in [0, 0.1) is 5.82 Å². The van der Waals surface area contributed by atoms with Crippen LogP contribution in [0.4, 0.5) is 10.1 Å². The summed E-state index contributed by atoms with van der Waals surface area (Å²) in [6, 6.07) is 6.77. The topological polar surface area (TPSA) is 29.9 Å². The van der Waals surface area contributed by atoms with E-state index in [0.717, 1.165) is 5.69 Å². The SMILES string of the molecule is Cn1ccc(CNc2c(F)cccc2Br)n1. The van der Waals surface area contributed by atoms with E-state index in [9.17, 15) is 4.39 Å². The highest BCUT2D eigenvalue weighted by molar-refractivity contribution is 9.10. The maximum Gasteiger partial charge on any atom is 0.147 e. The fraction of sp³-hybridized carbons (Fsp3) is 0.182. The minimum Gasteiger partial charge on any atom is -0.376 e. The summed E-state index contributed by atoms with van der Waals surface area (Å²) < 4.78 is 15.9. The van der Waals surface area contributed by atoms with E-state index >= 15 is 0 Å². The zero-order valence-electron chi connectivity index (χ0n) is 8.74. The van der Waals surface area contributed by atoms with E-state index < -0.39 is 0 Å². The number of halogens is 2. The predicted molar refractivity (Wildman–Crippen MR) is 64.6 cm³/mol. The molecule has 0 bridgehead atoms. The van der Waals surface area contributed by atoms with Crippen molar-refractivity contribution >= 4 is 21.6 Å². The van der Waals surface area contributed by atoms with Crippen molar-refractivity contribution in [1.82, 2.24) is 9.78 Å². The Kier molecular flexibility index (Phi) is 3.24. The molecule has 16 heavy (non-hydrogen) atoms. The van der Waals surface area contributed by atoms with Crippen LogP contribution in [0.1, 0.15) is 5.69 Å². The number of anilines is 1. The molecule has 0 saturated carbocycles. The fourth-order valence-corrected chi connectivity index (χ4v) is 1.89. The van der Waals surface area contributed by atoms with Gasteiger partial charge in [0.15, 0.2) is 0 Å². The quantitative estimate of drug-likeness (QED) is 0.939. The maximum atomic E-state index is 13.4. The van der Waals surface area contributed by atoms with Crippen LogP contribution in [-0.2, 0) is 13.6 Å². The van der Waals surface area contributed by atoms with E-state index in [1.54, 1.807) is 16.8 Å². The molecule has 0 atom stereocenters. The van der Waals surface area contributed by atoms with E-state index in [2.05, 4.69) is 26.3 Å². The maximum absolute atomic E-state index is 13.4. The molecule has 0 saturated heterocycles. The lowest BCUT2D eigenvalue weighted by Gasteiger charge is -2.07. The average molecular weight is 284 g/mol. The number of rotatable bonds is 3. The van der Waals surface area contributed by atoms with Gasteiger partial charge in [-0.15, -0.1) is 0 Å². The van der Waals surface area contributed by atoms with Gasteiger partial charge in [-0.1, -0.05) is 6.07 Å². The van der Waals surface area contributed by atoms with Gasteiger partial charge >= 0.3 is 0 Å². The van der Waals surface area contributed by atoms with Crippen molar-refractivity contribution < 1.29 is 4.39 Å². The molecule has 0 fully saturated rings. The molecule has 5 heteroatoms. The number of hydrogen-bond donors (Lipinski definition) is 1. The van der Waals surface area contributed by atoms with Crippen molar-refractivity contribution in [2.24, 2.45) is 7.05 Å². The molecule has 0 aliphatic rings. The number of aryl methyl sites for hydroxylation is 1. The van der Waals surface area contributed by atoms with E-state index in [0.29, 0.717) is 16.7 Å². The van der Waals surface area contributed by atoms with Gasteiger partial charge in [0.1, 0.15) is 5.82 Å². The van der Waals surface area contributed by atoms with Gasteiger partial charge in [-0.25, -0.2) is 4.39 Å². The smallest absolute Gasteiger partial charge is 0.147 e. The molecule has 0 spiro atoms. The Bertz CT molecular complexity index is 475. The first kappa shape index (κ1) is 11.1. The standard InChI is InChI=1S/C11H11BrFN3/c1-16-6-5-8(15-16)7-14-11-9(12)3-2-4-10(11)13/h2-6,14H,7H2,1H3. The monoisotopic (exact) mass is 283 g/mol. The summed E-state index contributed by atoms with van der Waals surface area (Å²) in [5, 5.41) is 7.21. The normalized spacial score (nSPS) is 10.4. The molecule has 84 valence electrons. The van der Waals surface area contributed by atoms with Gasteiger partial charge < -0.3 is 5.32 Å². The van der Waals surface area contributed by atoms with Crippen LogP contribution >= 0.6 is 15.9 Å². The molecule has 1 aromatic carbocycles. The Balaban J connectivity index is 2.10. The Labute approximate surface area is 101 Å². The van der Waals surface area contributed by atoms with Crippen LogP contribution in [0.2, 0.25) is 0 Å². The summed E-state index contributed by atoms with van der Waals surface area (Å²) in [5.74, 6) is -0.273. The van der Waals surface area contributed by atoms with Gasteiger partial charge in [0.2, 0.25) is 0 Å². The van der Waals surface area contributed by atoms with E-state index in [-0.39, 0.29) is 5.82 Å². The lowest BCUT2D eigenvalue weighted by molar-refractivity contribution is 0.629. The number of para-hydroxylation sites is 1. The summed E-state index contributed by atoms with van der Waals surface area (Å²) in [4.78, 5) is 0. The molecule has 0 radical (unpaired) electrons.